The average Bonchev–Trinajstić information content (AvgIpc) is 2.66. The van der Waals surface area contributed by atoms with E-state index in [0.717, 1.165) is 18.5 Å². The van der Waals surface area contributed by atoms with Crippen molar-refractivity contribution < 1.29 is 9.90 Å². The summed E-state index contributed by atoms with van der Waals surface area (Å²) in [6.07, 6.45) is 0.898. The number of hydrogen-bond acceptors (Lipinski definition) is 2. The van der Waals surface area contributed by atoms with Gasteiger partial charge in [0.2, 0.25) is 0 Å². The molecule has 98 valence electrons. The second kappa shape index (κ2) is 5.47. The number of carbonyl (C=O) groups is 1. The molecular weight excluding hydrogens is 273 g/mol. The maximum Gasteiger partial charge on any atom is 0.321 e. The van der Waals surface area contributed by atoms with Crippen LogP contribution in [0.15, 0.2) is 18.2 Å². The van der Waals surface area contributed by atoms with E-state index in [2.05, 4.69) is 0 Å². The van der Waals surface area contributed by atoms with Crippen molar-refractivity contribution in [3.63, 3.8) is 0 Å². The summed E-state index contributed by atoms with van der Waals surface area (Å²) in [7, 11) is 0. The van der Waals surface area contributed by atoms with Crippen LogP contribution in [0.2, 0.25) is 10.0 Å². The molecule has 1 fully saturated rings. The monoisotopic (exact) mass is 287 g/mol. The molecule has 1 N–H and O–H groups in total. The Bertz CT molecular complexity index is 464. The summed E-state index contributed by atoms with van der Waals surface area (Å²) < 4.78 is 0. The first-order valence-electron chi connectivity index (χ1n) is 5.90. The lowest BCUT2D eigenvalue weighted by atomic mass is 10.0. The molecule has 0 spiro atoms. The van der Waals surface area contributed by atoms with Crippen LogP contribution in [0.4, 0.5) is 0 Å². The van der Waals surface area contributed by atoms with Crippen LogP contribution in [0.5, 0.6) is 0 Å². The molecule has 1 aromatic rings. The summed E-state index contributed by atoms with van der Waals surface area (Å²) >= 11 is 12.1. The number of halogens is 2. The fourth-order valence-corrected chi connectivity index (χ4v) is 2.87. The topological polar surface area (TPSA) is 40.5 Å². The second-order valence-corrected chi connectivity index (χ2v) is 5.52. The minimum absolute atomic E-state index is 0.167. The lowest BCUT2D eigenvalue weighted by molar-refractivity contribution is -0.143. The maximum absolute atomic E-state index is 11.3. The molecule has 1 aliphatic rings. The van der Waals surface area contributed by atoms with Crippen LogP contribution in [0.25, 0.3) is 0 Å². The second-order valence-electron chi connectivity index (χ2n) is 4.73. The van der Waals surface area contributed by atoms with Gasteiger partial charge in [0.05, 0.1) is 10.0 Å². The number of likely N-dealkylation sites (tertiary alicyclic amines) is 1. The third-order valence-electron chi connectivity index (χ3n) is 3.46. The van der Waals surface area contributed by atoms with Crippen LogP contribution in [0.1, 0.15) is 18.9 Å². The molecule has 3 nitrogen and oxygen atoms in total. The molecular formula is C13H15Cl2NO2. The van der Waals surface area contributed by atoms with Gasteiger partial charge < -0.3 is 5.11 Å². The smallest absolute Gasteiger partial charge is 0.321 e. The largest absolute Gasteiger partial charge is 0.480 e. The number of nitrogens with zero attached hydrogens (tertiary/aromatic N) is 1. The molecule has 0 aliphatic carbocycles. The molecule has 1 aliphatic heterocycles. The number of carboxylic acids is 1. The van der Waals surface area contributed by atoms with Crippen LogP contribution in [-0.4, -0.2) is 28.6 Å². The molecule has 1 heterocycles. The minimum atomic E-state index is -0.766. The predicted molar refractivity (Wildman–Crippen MR) is 72.1 cm³/mol. The summed E-state index contributed by atoms with van der Waals surface area (Å²) in [4.78, 5) is 13.2. The number of aliphatic carboxylic acids is 1. The van der Waals surface area contributed by atoms with E-state index in [1.165, 1.54) is 0 Å². The average molecular weight is 288 g/mol. The maximum atomic E-state index is 11.3. The Balaban J connectivity index is 2.18. The first-order valence-corrected chi connectivity index (χ1v) is 6.66. The van der Waals surface area contributed by atoms with Gasteiger partial charge in [-0.1, -0.05) is 42.3 Å². The van der Waals surface area contributed by atoms with Crippen molar-refractivity contribution in [1.29, 1.82) is 0 Å². The molecule has 0 radical (unpaired) electrons. The minimum Gasteiger partial charge on any atom is -0.480 e. The Kier molecular flexibility index (Phi) is 4.15. The third-order valence-corrected chi connectivity index (χ3v) is 4.32. The van der Waals surface area contributed by atoms with Gasteiger partial charge in [-0.15, -0.1) is 0 Å². The lowest BCUT2D eigenvalue weighted by Crippen LogP contribution is -2.38. The zero-order valence-corrected chi connectivity index (χ0v) is 11.6. The van der Waals surface area contributed by atoms with Gasteiger partial charge in [0.1, 0.15) is 6.04 Å². The Morgan fingerprint density at radius 1 is 1.50 bits per heavy atom. The van der Waals surface area contributed by atoms with Crippen LogP contribution in [0.3, 0.4) is 0 Å². The van der Waals surface area contributed by atoms with Gasteiger partial charge in [0.25, 0.3) is 0 Å². The molecule has 2 rings (SSSR count). The summed E-state index contributed by atoms with van der Waals surface area (Å²) in [6.45, 7) is 3.28. The molecule has 0 bridgehead atoms. The van der Waals surface area contributed by atoms with E-state index >= 15 is 0 Å². The van der Waals surface area contributed by atoms with Crippen molar-refractivity contribution in [1.82, 2.24) is 4.90 Å². The van der Waals surface area contributed by atoms with Crippen LogP contribution < -0.4 is 0 Å². The molecule has 1 saturated heterocycles. The molecule has 1 aromatic carbocycles. The Morgan fingerprint density at radius 2 is 2.22 bits per heavy atom. The van der Waals surface area contributed by atoms with Crippen molar-refractivity contribution in [2.24, 2.45) is 5.92 Å². The molecule has 18 heavy (non-hydrogen) atoms. The zero-order valence-electron chi connectivity index (χ0n) is 10.1. The van der Waals surface area contributed by atoms with E-state index in [-0.39, 0.29) is 5.92 Å². The fourth-order valence-electron chi connectivity index (χ4n) is 2.49. The van der Waals surface area contributed by atoms with Crippen LogP contribution in [-0.2, 0) is 11.3 Å². The highest BCUT2D eigenvalue weighted by atomic mass is 35.5. The van der Waals surface area contributed by atoms with E-state index in [1.54, 1.807) is 6.07 Å². The summed E-state index contributed by atoms with van der Waals surface area (Å²) in [5, 5.41) is 10.3. The highest BCUT2D eigenvalue weighted by Gasteiger charge is 2.36. The van der Waals surface area contributed by atoms with Crippen molar-refractivity contribution in [2.75, 3.05) is 6.54 Å². The van der Waals surface area contributed by atoms with E-state index in [4.69, 9.17) is 23.2 Å². The van der Waals surface area contributed by atoms with Gasteiger partial charge >= 0.3 is 5.97 Å². The quantitative estimate of drug-likeness (QED) is 0.927. The van der Waals surface area contributed by atoms with Gasteiger partial charge in [-0.05, 0) is 30.5 Å². The normalized spacial score (nSPS) is 24.4. The standard InChI is InChI=1S/C13H15Cl2NO2/c1-8-5-6-16(12(8)13(17)18)7-9-3-2-4-10(14)11(9)15/h2-4,8,12H,5-7H2,1H3,(H,17,18). The fraction of sp³-hybridized carbons (Fsp3) is 0.462. The third kappa shape index (κ3) is 2.63. The summed E-state index contributed by atoms with van der Waals surface area (Å²) in [5.41, 5.74) is 0.879. The van der Waals surface area contributed by atoms with Gasteiger partial charge in [-0.25, -0.2) is 0 Å². The first-order chi connectivity index (χ1) is 8.50. The molecule has 0 aromatic heterocycles. The van der Waals surface area contributed by atoms with Crippen molar-refractivity contribution in [3.05, 3.63) is 33.8 Å². The molecule has 0 saturated carbocycles. The summed E-state index contributed by atoms with van der Waals surface area (Å²) in [6, 6.07) is 5.02. The number of benzene rings is 1. The van der Waals surface area contributed by atoms with Crippen LogP contribution >= 0.6 is 23.2 Å². The molecule has 2 unspecified atom stereocenters. The predicted octanol–water partition coefficient (Wildman–Crippen LogP) is 3.29. The molecule has 0 amide bonds. The first kappa shape index (κ1) is 13.7. The highest BCUT2D eigenvalue weighted by molar-refractivity contribution is 6.42. The SMILES string of the molecule is CC1CCN(Cc2cccc(Cl)c2Cl)C1C(=O)O. The molecule has 2 atom stereocenters. The Morgan fingerprint density at radius 3 is 2.89 bits per heavy atom. The van der Waals surface area contributed by atoms with E-state index in [9.17, 15) is 9.90 Å². The lowest BCUT2D eigenvalue weighted by Gasteiger charge is -2.23. The Hall–Kier alpha value is -0.770. The van der Waals surface area contributed by atoms with Crippen molar-refractivity contribution in [2.45, 2.75) is 25.9 Å². The molecule has 5 heteroatoms. The number of carboxylic acid groups (broad SMARTS) is 1. The number of hydrogen-bond donors (Lipinski definition) is 1. The zero-order chi connectivity index (χ0) is 13.3. The van der Waals surface area contributed by atoms with Gasteiger partial charge in [-0.3, -0.25) is 9.69 Å². The summed E-state index contributed by atoms with van der Waals surface area (Å²) in [5.74, 6) is -0.599. The van der Waals surface area contributed by atoms with Crippen molar-refractivity contribution >= 4 is 29.2 Å². The van der Waals surface area contributed by atoms with Gasteiger partial charge in [-0.2, -0.15) is 0 Å². The van der Waals surface area contributed by atoms with Crippen LogP contribution in [0, 0.1) is 5.92 Å². The van der Waals surface area contributed by atoms with E-state index in [0.29, 0.717) is 16.6 Å². The van der Waals surface area contributed by atoms with E-state index in [1.807, 2.05) is 24.0 Å². The van der Waals surface area contributed by atoms with Crippen molar-refractivity contribution in [3.8, 4) is 0 Å². The number of rotatable bonds is 3. The van der Waals surface area contributed by atoms with E-state index < -0.39 is 12.0 Å². The van der Waals surface area contributed by atoms with Gasteiger partial charge in [0, 0.05) is 6.54 Å². The Labute approximate surface area is 116 Å². The van der Waals surface area contributed by atoms with Gasteiger partial charge in [0.15, 0.2) is 0 Å². The highest BCUT2D eigenvalue weighted by Crippen LogP contribution is 2.30.